The molecule has 4 N–H and O–H groups in total. The summed E-state index contributed by atoms with van der Waals surface area (Å²) in [6.45, 7) is 1.98. The van der Waals surface area contributed by atoms with Crippen molar-refractivity contribution < 1.29 is 13.4 Å². The molecule has 158 valence electrons. The SMILES string of the molecule is Cc1c(-c2cccc(S(=O)N(C)C)c2)c2ccc(C(N)=O)cc2n1C/C(F)=C/CN. The van der Waals surface area contributed by atoms with Gasteiger partial charge in [-0.25, -0.2) is 12.9 Å². The van der Waals surface area contributed by atoms with Crippen LogP contribution >= 0.6 is 0 Å². The number of carbonyl (C=O) groups excluding carboxylic acids is 1. The topological polar surface area (TPSA) is 94.3 Å². The van der Waals surface area contributed by atoms with Crippen LogP contribution < -0.4 is 11.5 Å². The summed E-state index contributed by atoms with van der Waals surface area (Å²) >= 11 is 0. The van der Waals surface area contributed by atoms with Gasteiger partial charge in [0.05, 0.1) is 17.0 Å². The number of allylic oxidation sites excluding steroid dienone is 1. The number of nitrogens with zero attached hydrogens (tertiary/aromatic N) is 2. The van der Waals surface area contributed by atoms with Crippen LogP contribution in [0.3, 0.4) is 0 Å². The van der Waals surface area contributed by atoms with Crippen LogP contribution in [0.15, 0.2) is 59.3 Å². The van der Waals surface area contributed by atoms with Crippen molar-refractivity contribution in [3.05, 3.63) is 65.6 Å². The summed E-state index contributed by atoms with van der Waals surface area (Å²) in [5, 5.41) is 0.853. The summed E-state index contributed by atoms with van der Waals surface area (Å²) in [6.07, 6.45) is 1.32. The van der Waals surface area contributed by atoms with Crippen molar-refractivity contribution in [2.45, 2.75) is 18.4 Å². The number of primary amides is 1. The van der Waals surface area contributed by atoms with E-state index in [9.17, 15) is 13.4 Å². The minimum atomic E-state index is -1.29. The van der Waals surface area contributed by atoms with E-state index in [1.807, 2.05) is 37.3 Å². The second-order valence-corrected chi connectivity index (χ2v) is 8.82. The van der Waals surface area contributed by atoms with Crippen molar-refractivity contribution in [3.8, 4) is 11.1 Å². The number of carbonyl (C=O) groups is 1. The van der Waals surface area contributed by atoms with Crippen LogP contribution in [0.1, 0.15) is 16.1 Å². The normalized spacial score (nSPS) is 13.2. The number of hydrogen-bond donors (Lipinski definition) is 2. The largest absolute Gasteiger partial charge is 0.366 e. The Labute approximate surface area is 177 Å². The third-order valence-electron chi connectivity index (χ3n) is 4.91. The van der Waals surface area contributed by atoms with Crippen LogP contribution in [0.25, 0.3) is 22.0 Å². The molecule has 0 aliphatic carbocycles. The number of benzene rings is 2. The molecule has 0 aliphatic heterocycles. The molecule has 1 amide bonds. The molecule has 0 fully saturated rings. The zero-order valence-corrected chi connectivity index (χ0v) is 18.0. The molecule has 0 radical (unpaired) electrons. The number of halogens is 1. The van der Waals surface area contributed by atoms with Gasteiger partial charge in [-0.15, -0.1) is 0 Å². The van der Waals surface area contributed by atoms with Crippen molar-refractivity contribution >= 4 is 27.8 Å². The molecule has 1 aromatic heterocycles. The highest BCUT2D eigenvalue weighted by Gasteiger charge is 2.19. The molecule has 0 spiro atoms. The highest BCUT2D eigenvalue weighted by molar-refractivity contribution is 7.82. The molecule has 3 rings (SSSR count). The average Bonchev–Trinajstić information content (AvgIpc) is 2.98. The van der Waals surface area contributed by atoms with E-state index in [1.54, 1.807) is 35.1 Å². The summed E-state index contributed by atoms with van der Waals surface area (Å²) in [5.74, 6) is -0.916. The average molecular weight is 429 g/mol. The highest BCUT2D eigenvalue weighted by atomic mass is 32.2. The summed E-state index contributed by atoms with van der Waals surface area (Å²) in [5.41, 5.74) is 14.5. The van der Waals surface area contributed by atoms with E-state index >= 15 is 0 Å². The lowest BCUT2D eigenvalue weighted by Crippen LogP contribution is -2.15. The van der Waals surface area contributed by atoms with Crippen molar-refractivity contribution in [1.29, 1.82) is 0 Å². The van der Waals surface area contributed by atoms with E-state index < -0.39 is 16.9 Å². The molecule has 3 aromatic rings. The van der Waals surface area contributed by atoms with Crippen molar-refractivity contribution in [2.24, 2.45) is 11.5 Å². The Hall–Kier alpha value is -2.81. The monoisotopic (exact) mass is 428 g/mol. The van der Waals surface area contributed by atoms with Crippen molar-refractivity contribution in [2.75, 3.05) is 20.6 Å². The molecule has 0 saturated carbocycles. The molecule has 1 unspecified atom stereocenters. The van der Waals surface area contributed by atoms with Gasteiger partial charge >= 0.3 is 0 Å². The molecule has 2 aromatic carbocycles. The maximum atomic E-state index is 14.3. The number of rotatable bonds is 7. The van der Waals surface area contributed by atoms with Crippen molar-refractivity contribution in [1.82, 2.24) is 8.87 Å². The molecule has 0 aliphatic rings. The van der Waals surface area contributed by atoms with Gasteiger partial charge in [-0.05, 0) is 56.9 Å². The predicted molar refractivity (Wildman–Crippen MR) is 119 cm³/mol. The van der Waals surface area contributed by atoms with E-state index in [0.29, 0.717) is 16.0 Å². The summed E-state index contributed by atoms with van der Waals surface area (Å²) < 4.78 is 30.3. The molecule has 1 atom stereocenters. The highest BCUT2D eigenvalue weighted by Crippen LogP contribution is 2.36. The van der Waals surface area contributed by atoms with Crippen LogP contribution in [0.5, 0.6) is 0 Å². The summed E-state index contributed by atoms with van der Waals surface area (Å²) in [4.78, 5) is 12.4. The minimum absolute atomic E-state index is 0.00886. The van der Waals surface area contributed by atoms with E-state index in [-0.39, 0.29) is 18.9 Å². The molecule has 0 saturated heterocycles. The fourth-order valence-electron chi connectivity index (χ4n) is 3.51. The predicted octanol–water partition coefficient (Wildman–Crippen LogP) is 3.11. The van der Waals surface area contributed by atoms with Crippen LogP contribution in [-0.4, -0.2) is 39.6 Å². The van der Waals surface area contributed by atoms with Gasteiger partial charge in [0.15, 0.2) is 0 Å². The Bertz CT molecular complexity index is 1170. The zero-order chi connectivity index (χ0) is 22.0. The molecule has 30 heavy (non-hydrogen) atoms. The second-order valence-electron chi connectivity index (χ2n) is 7.12. The maximum absolute atomic E-state index is 14.3. The molecule has 8 heteroatoms. The Morgan fingerprint density at radius 3 is 2.60 bits per heavy atom. The smallest absolute Gasteiger partial charge is 0.248 e. The zero-order valence-electron chi connectivity index (χ0n) is 17.2. The third-order valence-corrected chi connectivity index (χ3v) is 6.23. The molecular formula is C22H25FN4O2S. The van der Waals surface area contributed by atoms with Crippen LogP contribution in [0, 0.1) is 6.92 Å². The fourth-order valence-corrected chi connectivity index (χ4v) is 4.36. The number of amides is 1. The van der Waals surface area contributed by atoms with Crippen LogP contribution in [-0.2, 0) is 17.5 Å². The summed E-state index contributed by atoms with van der Waals surface area (Å²) in [7, 11) is 2.20. The Morgan fingerprint density at radius 2 is 1.97 bits per heavy atom. The number of fused-ring (bicyclic) bond motifs is 1. The minimum Gasteiger partial charge on any atom is -0.366 e. The molecule has 6 nitrogen and oxygen atoms in total. The van der Waals surface area contributed by atoms with E-state index in [0.717, 1.165) is 22.2 Å². The van der Waals surface area contributed by atoms with Crippen LogP contribution in [0.2, 0.25) is 0 Å². The van der Waals surface area contributed by atoms with Gasteiger partial charge in [-0.2, -0.15) is 0 Å². The van der Waals surface area contributed by atoms with Crippen LogP contribution in [0.4, 0.5) is 4.39 Å². The van der Waals surface area contributed by atoms with E-state index in [1.165, 1.54) is 6.08 Å². The number of nitrogens with two attached hydrogens (primary N) is 2. The quantitative estimate of drug-likeness (QED) is 0.605. The van der Waals surface area contributed by atoms with Gasteiger partial charge in [0, 0.05) is 28.8 Å². The lowest BCUT2D eigenvalue weighted by molar-refractivity contribution is 0.100. The first-order valence-corrected chi connectivity index (χ1v) is 10.5. The first-order chi connectivity index (χ1) is 14.2. The molecule has 0 bridgehead atoms. The standard InChI is InChI=1S/C22H25FN4O2S/c1-14-21(15-5-4-6-18(11-15)30(29)26(2)3)19-8-7-16(22(25)28)12-20(19)27(14)13-17(23)9-10-24/h4-9,11-12H,10,13,24H2,1-3H3,(H2,25,28)/b17-9-. The first kappa shape index (κ1) is 21.9. The van der Waals surface area contributed by atoms with Gasteiger partial charge in [0.1, 0.15) is 16.8 Å². The molecular weight excluding hydrogens is 403 g/mol. The number of hydrogen-bond acceptors (Lipinski definition) is 3. The van der Waals surface area contributed by atoms with Gasteiger partial charge in [0.2, 0.25) is 5.91 Å². The Morgan fingerprint density at radius 1 is 1.23 bits per heavy atom. The Balaban J connectivity index is 2.26. The second kappa shape index (κ2) is 8.91. The lowest BCUT2D eigenvalue weighted by atomic mass is 10.0. The maximum Gasteiger partial charge on any atom is 0.248 e. The fraction of sp³-hybridized carbons (Fsp3) is 0.227. The first-order valence-electron chi connectivity index (χ1n) is 9.41. The van der Waals surface area contributed by atoms with Gasteiger partial charge in [-0.1, -0.05) is 18.2 Å². The number of aromatic nitrogens is 1. The van der Waals surface area contributed by atoms with E-state index in [2.05, 4.69) is 0 Å². The van der Waals surface area contributed by atoms with Gasteiger partial charge < -0.3 is 16.0 Å². The van der Waals surface area contributed by atoms with Gasteiger partial charge in [-0.3, -0.25) is 4.79 Å². The lowest BCUT2D eigenvalue weighted by Gasteiger charge is -2.11. The van der Waals surface area contributed by atoms with Crippen molar-refractivity contribution in [3.63, 3.8) is 0 Å². The Kier molecular flexibility index (Phi) is 6.50. The summed E-state index contributed by atoms with van der Waals surface area (Å²) in [6, 6.07) is 12.6. The molecule has 1 heterocycles. The van der Waals surface area contributed by atoms with E-state index in [4.69, 9.17) is 11.5 Å². The third kappa shape index (κ3) is 4.21. The van der Waals surface area contributed by atoms with Gasteiger partial charge in [0.25, 0.3) is 0 Å².